The standard InChI is InChI=1S/C12H17NO2/c14-9-10-5-6-13(7-10)8-11-3-1-2-4-12(11)15/h1-4,10,14-15H,5-9H2/t10-/m0/s1. The van der Waals surface area contributed by atoms with E-state index in [1.165, 1.54) is 0 Å². The van der Waals surface area contributed by atoms with E-state index in [0.29, 0.717) is 11.7 Å². The average molecular weight is 207 g/mol. The van der Waals surface area contributed by atoms with Crippen LogP contribution in [-0.2, 0) is 6.54 Å². The number of likely N-dealkylation sites (tertiary alicyclic amines) is 1. The highest BCUT2D eigenvalue weighted by atomic mass is 16.3. The normalized spacial score (nSPS) is 22.1. The first-order valence-corrected chi connectivity index (χ1v) is 5.39. The maximum Gasteiger partial charge on any atom is 0.120 e. The van der Waals surface area contributed by atoms with Crippen molar-refractivity contribution in [3.05, 3.63) is 29.8 Å². The molecule has 1 fully saturated rings. The second-order valence-electron chi connectivity index (χ2n) is 4.20. The summed E-state index contributed by atoms with van der Waals surface area (Å²) in [5.41, 5.74) is 0.969. The van der Waals surface area contributed by atoms with Gasteiger partial charge in [0, 0.05) is 25.3 Å². The van der Waals surface area contributed by atoms with Gasteiger partial charge in [0.05, 0.1) is 0 Å². The van der Waals surface area contributed by atoms with Crippen molar-refractivity contribution < 1.29 is 10.2 Å². The Morgan fingerprint density at radius 2 is 2.13 bits per heavy atom. The van der Waals surface area contributed by atoms with Crippen LogP contribution < -0.4 is 0 Å². The molecule has 1 aromatic rings. The van der Waals surface area contributed by atoms with Gasteiger partial charge in [0.1, 0.15) is 5.75 Å². The molecule has 3 heteroatoms. The number of rotatable bonds is 3. The number of aliphatic hydroxyl groups is 1. The minimum atomic E-state index is 0.275. The summed E-state index contributed by atoms with van der Waals surface area (Å²) in [5, 5.41) is 18.6. The number of aromatic hydroxyl groups is 1. The number of aliphatic hydroxyl groups excluding tert-OH is 1. The molecule has 2 rings (SSSR count). The lowest BCUT2D eigenvalue weighted by atomic mass is 10.1. The Morgan fingerprint density at radius 3 is 2.80 bits per heavy atom. The Hall–Kier alpha value is -1.06. The van der Waals surface area contributed by atoms with Gasteiger partial charge in [0.15, 0.2) is 0 Å². The molecule has 0 unspecified atom stereocenters. The van der Waals surface area contributed by atoms with Crippen LogP contribution in [0.4, 0.5) is 0 Å². The van der Waals surface area contributed by atoms with Crippen molar-refractivity contribution >= 4 is 0 Å². The quantitative estimate of drug-likeness (QED) is 0.783. The molecule has 0 amide bonds. The van der Waals surface area contributed by atoms with E-state index in [1.807, 2.05) is 18.2 Å². The van der Waals surface area contributed by atoms with Crippen molar-refractivity contribution in [2.75, 3.05) is 19.7 Å². The second-order valence-corrected chi connectivity index (χ2v) is 4.20. The second kappa shape index (κ2) is 4.64. The number of hydrogen-bond acceptors (Lipinski definition) is 3. The fourth-order valence-corrected chi connectivity index (χ4v) is 2.09. The third kappa shape index (κ3) is 2.49. The molecule has 0 saturated carbocycles. The molecule has 15 heavy (non-hydrogen) atoms. The van der Waals surface area contributed by atoms with Crippen LogP contribution in [0, 0.1) is 5.92 Å². The molecule has 0 bridgehead atoms. The van der Waals surface area contributed by atoms with Gasteiger partial charge in [0.25, 0.3) is 0 Å². The Balaban J connectivity index is 1.96. The summed E-state index contributed by atoms with van der Waals surface area (Å²) in [6.07, 6.45) is 1.06. The van der Waals surface area contributed by atoms with Gasteiger partial charge in [-0.25, -0.2) is 0 Å². The summed E-state index contributed by atoms with van der Waals surface area (Å²) >= 11 is 0. The average Bonchev–Trinajstić information content (AvgIpc) is 2.69. The van der Waals surface area contributed by atoms with E-state index < -0.39 is 0 Å². The SMILES string of the molecule is OC[C@H]1CCN(Cc2ccccc2O)C1. The maximum absolute atomic E-state index is 9.62. The molecule has 0 spiro atoms. The Bertz CT molecular complexity index is 327. The molecule has 3 nitrogen and oxygen atoms in total. The fourth-order valence-electron chi connectivity index (χ4n) is 2.09. The molecule has 0 aromatic heterocycles. The van der Waals surface area contributed by atoms with Crippen LogP contribution in [-0.4, -0.2) is 34.8 Å². The van der Waals surface area contributed by atoms with E-state index in [9.17, 15) is 5.11 Å². The van der Waals surface area contributed by atoms with Gasteiger partial charge in [-0.2, -0.15) is 0 Å². The van der Waals surface area contributed by atoms with Crippen LogP contribution in [0.3, 0.4) is 0 Å². The summed E-state index contributed by atoms with van der Waals surface area (Å²) in [6, 6.07) is 7.44. The molecule has 1 aliphatic heterocycles. The highest BCUT2D eigenvalue weighted by Gasteiger charge is 2.21. The molecule has 1 heterocycles. The monoisotopic (exact) mass is 207 g/mol. The zero-order valence-electron chi connectivity index (χ0n) is 8.76. The highest BCUT2D eigenvalue weighted by Crippen LogP contribution is 2.22. The van der Waals surface area contributed by atoms with Crippen LogP contribution in [0.1, 0.15) is 12.0 Å². The van der Waals surface area contributed by atoms with E-state index in [-0.39, 0.29) is 6.61 Å². The van der Waals surface area contributed by atoms with Gasteiger partial charge < -0.3 is 10.2 Å². The van der Waals surface area contributed by atoms with Crippen molar-refractivity contribution in [2.45, 2.75) is 13.0 Å². The Kier molecular flexibility index (Phi) is 3.23. The molecule has 82 valence electrons. The first-order valence-electron chi connectivity index (χ1n) is 5.39. The Labute approximate surface area is 90.0 Å². The van der Waals surface area contributed by atoms with Gasteiger partial charge in [0.2, 0.25) is 0 Å². The molecule has 1 aliphatic rings. The molecule has 1 aromatic carbocycles. The topological polar surface area (TPSA) is 43.7 Å². The summed E-state index contributed by atoms with van der Waals surface area (Å²) in [5.74, 6) is 0.779. The molecule has 1 atom stereocenters. The van der Waals surface area contributed by atoms with Gasteiger partial charge in [-0.05, 0) is 24.9 Å². The number of benzene rings is 1. The van der Waals surface area contributed by atoms with E-state index in [1.54, 1.807) is 6.07 Å². The van der Waals surface area contributed by atoms with E-state index in [4.69, 9.17) is 5.11 Å². The Morgan fingerprint density at radius 1 is 1.33 bits per heavy atom. The molecule has 2 N–H and O–H groups in total. The number of phenolic OH excluding ortho intramolecular Hbond substituents is 1. The van der Waals surface area contributed by atoms with Crippen LogP contribution in [0.2, 0.25) is 0 Å². The number of hydrogen-bond donors (Lipinski definition) is 2. The maximum atomic E-state index is 9.62. The first kappa shape index (κ1) is 10.5. The van der Waals surface area contributed by atoms with Gasteiger partial charge in [-0.1, -0.05) is 18.2 Å². The summed E-state index contributed by atoms with van der Waals surface area (Å²) in [4.78, 5) is 2.27. The largest absolute Gasteiger partial charge is 0.508 e. The van der Waals surface area contributed by atoms with Crippen molar-refractivity contribution in [2.24, 2.45) is 5.92 Å². The molecular weight excluding hydrogens is 190 g/mol. The van der Waals surface area contributed by atoms with Crippen molar-refractivity contribution in [1.82, 2.24) is 4.90 Å². The van der Waals surface area contributed by atoms with E-state index in [2.05, 4.69) is 4.90 Å². The summed E-state index contributed by atoms with van der Waals surface area (Å²) < 4.78 is 0. The lowest BCUT2D eigenvalue weighted by molar-refractivity contribution is 0.219. The molecule has 0 radical (unpaired) electrons. The number of phenols is 1. The fraction of sp³-hybridized carbons (Fsp3) is 0.500. The number of nitrogens with zero attached hydrogens (tertiary/aromatic N) is 1. The third-order valence-electron chi connectivity index (χ3n) is 3.01. The van der Waals surface area contributed by atoms with Gasteiger partial charge >= 0.3 is 0 Å². The number of para-hydroxylation sites is 1. The van der Waals surface area contributed by atoms with E-state index >= 15 is 0 Å². The zero-order chi connectivity index (χ0) is 10.7. The predicted octanol–water partition coefficient (Wildman–Crippen LogP) is 1.21. The van der Waals surface area contributed by atoms with Crippen LogP contribution in [0.25, 0.3) is 0 Å². The smallest absolute Gasteiger partial charge is 0.120 e. The van der Waals surface area contributed by atoms with Gasteiger partial charge in [-0.3, -0.25) is 4.90 Å². The van der Waals surface area contributed by atoms with Crippen LogP contribution in [0.5, 0.6) is 5.75 Å². The molecule has 0 aliphatic carbocycles. The van der Waals surface area contributed by atoms with Crippen molar-refractivity contribution in [3.8, 4) is 5.75 Å². The third-order valence-corrected chi connectivity index (χ3v) is 3.01. The summed E-state index contributed by atoms with van der Waals surface area (Å²) in [6.45, 7) is 3.00. The minimum absolute atomic E-state index is 0.275. The molecular formula is C12H17NO2. The highest BCUT2D eigenvalue weighted by molar-refractivity contribution is 5.31. The van der Waals surface area contributed by atoms with Crippen molar-refractivity contribution in [1.29, 1.82) is 0 Å². The van der Waals surface area contributed by atoms with Gasteiger partial charge in [-0.15, -0.1) is 0 Å². The van der Waals surface area contributed by atoms with Crippen LogP contribution in [0.15, 0.2) is 24.3 Å². The summed E-state index contributed by atoms with van der Waals surface area (Å²) in [7, 11) is 0. The first-order chi connectivity index (χ1) is 7.29. The van der Waals surface area contributed by atoms with E-state index in [0.717, 1.165) is 31.6 Å². The lowest BCUT2D eigenvalue weighted by Crippen LogP contribution is -2.20. The predicted molar refractivity (Wildman–Crippen MR) is 58.6 cm³/mol. The van der Waals surface area contributed by atoms with Crippen LogP contribution >= 0.6 is 0 Å². The minimum Gasteiger partial charge on any atom is -0.508 e. The van der Waals surface area contributed by atoms with Crippen molar-refractivity contribution in [3.63, 3.8) is 0 Å². The molecule has 1 saturated heterocycles. The zero-order valence-corrected chi connectivity index (χ0v) is 8.76. The lowest BCUT2D eigenvalue weighted by Gasteiger charge is -2.16.